The van der Waals surface area contributed by atoms with E-state index in [1.165, 1.54) is 11.1 Å². The summed E-state index contributed by atoms with van der Waals surface area (Å²) in [5.74, 6) is 0.910. The average Bonchev–Trinajstić information content (AvgIpc) is 2.81. The molecule has 0 amide bonds. The smallest absolute Gasteiger partial charge is 0.209 e. The first kappa shape index (κ1) is 14.0. The van der Waals surface area contributed by atoms with Gasteiger partial charge in [-0.05, 0) is 35.0 Å². The van der Waals surface area contributed by atoms with Gasteiger partial charge in [0.15, 0.2) is 0 Å². The molecule has 1 aromatic carbocycles. The van der Waals surface area contributed by atoms with Gasteiger partial charge < -0.3 is 5.32 Å². The fourth-order valence-corrected chi connectivity index (χ4v) is 2.91. The highest BCUT2D eigenvalue weighted by atomic mass is 32.2. The number of aryl methyl sites for hydroxylation is 2. The molecule has 0 spiro atoms. The second kappa shape index (κ2) is 6.68. The number of hydrogen-bond donors (Lipinski definition) is 1. The van der Waals surface area contributed by atoms with Crippen LogP contribution in [0, 0.1) is 6.92 Å². The zero-order valence-corrected chi connectivity index (χ0v) is 12.3. The Bertz CT molecular complexity index is 525. The summed E-state index contributed by atoms with van der Waals surface area (Å²) in [6.45, 7) is 5.21. The molecule has 6 heteroatoms. The minimum absolute atomic E-state index is 0.313. The lowest BCUT2D eigenvalue weighted by atomic mass is 10.0. The molecule has 0 saturated heterocycles. The zero-order chi connectivity index (χ0) is 13.7. The van der Waals surface area contributed by atoms with E-state index in [2.05, 4.69) is 59.0 Å². The van der Waals surface area contributed by atoms with Gasteiger partial charge in [-0.1, -0.05) is 43.0 Å². The van der Waals surface area contributed by atoms with Crippen molar-refractivity contribution in [1.82, 2.24) is 25.5 Å². The quantitative estimate of drug-likeness (QED) is 0.818. The Hall–Kier alpha value is -1.40. The van der Waals surface area contributed by atoms with Gasteiger partial charge in [0.25, 0.3) is 0 Å². The largest absolute Gasteiger partial charge is 0.309 e. The molecule has 0 saturated carbocycles. The van der Waals surface area contributed by atoms with E-state index >= 15 is 0 Å². The predicted molar refractivity (Wildman–Crippen MR) is 77.1 cm³/mol. The van der Waals surface area contributed by atoms with Gasteiger partial charge in [0.2, 0.25) is 5.16 Å². The molecule has 0 radical (unpaired) electrons. The third kappa shape index (κ3) is 3.54. The highest BCUT2D eigenvalue weighted by molar-refractivity contribution is 7.99. The SMILES string of the molecule is CCNC(CSc1nnnn1C)c1ccccc1C. The Morgan fingerprint density at radius 3 is 2.79 bits per heavy atom. The van der Waals surface area contributed by atoms with E-state index < -0.39 is 0 Å². The maximum atomic E-state index is 4.00. The molecule has 2 rings (SSSR count). The van der Waals surface area contributed by atoms with E-state index in [0.717, 1.165) is 17.5 Å². The first-order valence-electron chi connectivity index (χ1n) is 6.36. The van der Waals surface area contributed by atoms with Crippen LogP contribution in [0.4, 0.5) is 0 Å². The standard InChI is InChI=1S/C13H19N5S/c1-4-14-12(11-8-6-5-7-10(11)2)9-19-13-15-16-17-18(13)3/h5-8,12,14H,4,9H2,1-3H3. The minimum atomic E-state index is 0.313. The van der Waals surface area contributed by atoms with Gasteiger partial charge in [0, 0.05) is 18.8 Å². The number of thioether (sulfide) groups is 1. The lowest BCUT2D eigenvalue weighted by molar-refractivity contribution is 0.600. The molecule has 1 atom stereocenters. The lowest BCUT2D eigenvalue weighted by Gasteiger charge is -2.19. The van der Waals surface area contributed by atoms with E-state index in [4.69, 9.17) is 0 Å². The normalized spacial score (nSPS) is 12.6. The summed E-state index contributed by atoms with van der Waals surface area (Å²) < 4.78 is 1.70. The fraction of sp³-hybridized carbons (Fsp3) is 0.462. The van der Waals surface area contributed by atoms with Crippen LogP contribution in [0.15, 0.2) is 29.4 Å². The second-order valence-corrected chi connectivity index (χ2v) is 5.35. The number of aromatic nitrogens is 4. The van der Waals surface area contributed by atoms with Crippen LogP contribution in [0.3, 0.4) is 0 Å². The molecule has 1 unspecified atom stereocenters. The Balaban J connectivity index is 2.09. The molecule has 19 heavy (non-hydrogen) atoms. The first-order valence-corrected chi connectivity index (χ1v) is 7.35. The van der Waals surface area contributed by atoms with E-state index in [0.29, 0.717) is 6.04 Å². The summed E-state index contributed by atoms with van der Waals surface area (Å²) in [4.78, 5) is 0. The van der Waals surface area contributed by atoms with Gasteiger partial charge in [-0.3, -0.25) is 0 Å². The molecule has 5 nitrogen and oxygen atoms in total. The van der Waals surface area contributed by atoms with Crippen molar-refractivity contribution in [2.24, 2.45) is 7.05 Å². The third-order valence-electron chi connectivity index (χ3n) is 2.97. The van der Waals surface area contributed by atoms with Crippen LogP contribution in [0.2, 0.25) is 0 Å². The number of nitrogens with one attached hydrogen (secondary N) is 1. The summed E-state index contributed by atoms with van der Waals surface area (Å²) in [6, 6.07) is 8.79. The summed E-state index contributed by atoms with van der Waals surface area (Å²) in [5, 5.41) is 15.9. The van der Waals surface area contributed by atoms with Crippen molar-refractivity contribution >= 4 is 11.8 Å². The zero-order valence-electron chi connectivity index (χ0n) is 11.5. The number of tetrazole rings is 1. The average molecular weight is 277 g/mol. The van der Waals surface area contributed by atoms with Crippen LogP contribution < -0.4 is 5.32 Å². The molecule has 0 bridgehead atoms. The highest BCUT2D eigenvalue weighted by Crippen LogP contribution is 2.24. The van der Waals surface area contributed by atoms with Crippen molar-refractivity contribution in [2.45, 2.75) is 25.0 Å². The fourth-order valence-electron chi connectivity index (χ4n) is 1.98. The van der Waals surface area contributed by atoms with Crippen LogP contribution in [0.25, 0.3) is 0 Å². The topological polar surface area (TPSA) is 55.6 Å². The van der Waals surface area contributed by atoms with E-state index in [1.54, 1.807) is 16.4 Å². The number of benzene rings is 1. The van der Waals surface area contributed by atoms with E-state index in [-0.39, 0.29) is 0 Å². The van der Waals surface area contributed by atoms with Crippen molar-refractivity contribution in [2.75, 3.05) is 12.3 Å². The van der Waals surface area contributed by atoms with Crippen LogP contribution in [0.5, 0.6) is 0 Å². The highest BCUT2D eigenvalue weighted by Gasteiger charge is 2.14. The molecule has 1 aromatic heterocycles. The Morgan fingerprint density at radius 2 is 2.16 bits per heavy atom. The summed E-state index contributed by atoms with van der Waals surface area (Å²) in [6.07, 6.45) is 0. The minimum Gasteiger partial charge on any atom is -0.309 e. The summed E-state index contributed by atoms with van der Waals surface area (Å²) in [7, 11) is 1.86. The van der Waals surface area contributed by atoms with Gasteiger partial charge >= 0.3 is 0 Å². The number of hydrogen-bond acceptors (Lipinski definition) is 5. The van der Waals surface area contributed by atoms with Crippen LogP contribution in [-0.4, -0.2) is 32.5 Å². The van der Waals surface area contributed by atoms with E-state index in [1.807, 2.05) is 7.05 Å². The van der Waals surface area contributed by atoms with Gasteiger partial charge in [0.05, 0.1) is 0 Å². The van der Waals surface area contributed by atoms with Gasteiger partial charge in [0.1, 0.15) is 0 Å². The number of nitrogens with zero attached hydrogens (tertiary/aromatic N) is 4. The second-order valence-electron chi connectivity index (χ2n) is 4.36. The van der Waals surface area contributed by atoms with Crippen LogP contribution in [0.1, 0.15) is 24.1 Å². The molecule has 0 aliphatic heterocycles. The number of rotatable bonds is 6. The predicted octanol–water partition coefficient (Wildman–Crippen LogP) is 1.96. The van der Waals surface area contributed by atoms with Crippen molar-refractivity contribution in [3.8, 4) is 0 Å². The van der Waals surface area contributed by atoms with E-state index in [9.17, 15) is 0 Å². The molecule has 2 aromatic rings. The molecular weight excluding hydrogens is 258 g/mol. The van der Waals surface area contributed by atoms with Crippen molar-refractivity contribution < 1.29 is 0 Å². The van der Waals surface area contributed by atoms with Gasteiger partial charge in [-0.25, -0.2) is 4.68 Å². The lowest BCUT2D eigenvalue weighted by Crippen LogP contribution is -2.23. The van der Waals surface area contributed by atoms with Crippen molar-refractivity contribution in [1.29, 1.82) is 0 Å². The third-order valence-corrected chi connectivity index (χ3v) is 4.08. The molecule has 0 aliphatic carbocycles. The summed E-state index contributed by atoms with van der Waals surface area (Å²) in [5.41, 5.74) is 2.65. The molecular formula is C13H19N5S. The van der Waals surface area contributed by atoms with Crippen LogP contribution in [-0.2, 0) is 7.05 Å². The summed E-state index contributed by atoms with van der Waals surface area (Å²) >= 11 is 1.67. The maximum Gasteiger partial charge on any atom is 0.209 e. The van der Waals surface area contributed by atoms with Crippen molar-refractivity contribution in [3.05, 3.63) is 35.4 Å². The maximum absolute atomic E-state index is 4.00. The van der Waals surface area contributed by atoms with Gasteiger partial charge in [-0.2, -0.15) is 0 Å². The molecule has 1 heterocycles. The molecule has 0 fully saturated rings. The van der Waals surface area contributed by atoms with Gasteiger partial charge in [-0.15, -0.1) is 5.10 Å². The monoisotopic (exact) mass is 277 g/mol. The van der Waals surface area contributed by atoms with Crippen LogP contribution >= 0.6 is 11.8 Å². The first-order chi connectivity index (χ1) is 9.22. The molecule has 1 N–H and O–H groups in total. The Labute approximate surface area is 117 Å². The Morgan fingerprint density at radius 1 is 1.37 bits per heavy atom. The molecule has 102 valence electrons. The van der Waals surface area contributed by atoms with Crippen molar-refractivity contribution in [3.63, 3.8) is 0 Å². The molecule has 0 aliphatic rings. The Kier molecular flexibility index (Phi) is 4.93.